The van der Waals surface area contributed by atoms with Crippen LogP contribution in [0.3, 0.4) is 0 Å². The molecule has 0 unspecified atom stereocenters. The second-order valence-corrected chi connectivity index (χ2v) is 12.2. The number of carbonyl (C=O) groups excluding carboxylic acids is 2. The molecule has 42 heavy (non-hydrogen) atoms. The Morgan fingerprint density at radius 2 is 1.86 bits per heavy atom. The van der Waals surface area contributed by atoms with Crippen LogP contribution in [-0.2, 0) is 4.79 Å². The Hall–Kier alpha value is -3.95. The van der Waals surface area contributed by atoms with Crippen molar-refractivity contribution in [1.82, 2.24) is 29.8 Å². The molecule has 3 heterocycles. The number of piperidine rings is 1. The van der Waals surface area contributed by atoms with E-state index in [9.17, 15) is 14.7 Å². The first kappa shape index (κ1) is 29.5. The van der Waals surface area contributed by atoms with Crippen LogP contribution in [0.15, 0.2) is 49.2 Å². The Morgan fingerprint density at radius 3 is 2.48 bits per heavy atom. The number of aromatic amines is 1. The van der Waals surface area contributed by atoms with E-state index in [1.165, 1.54) is 11.0 Å². The molecule has 2 aromatic carbocycles. The van der Waals surface area contributed by atoms with Gasteiger partial charge in [0.1, 0.15) is 5.69 Å². The average molecular weight is 589 g/mol. The second kappa shape index (κ2) is 11.4. The van der Waals surface area contributed by atoms with E-state index in [0.717, 1.165) is 57.4 Å². The van der Waals surface area contributed by atoms with Gasteiger partial charge in [-0.05, 0) is 70.4 Å². The fourth-order valence-corrected chi connectivity index (χ4v) is 6.17. The van der Waals surface area contributed by atoms with E-state index < -0.39 is 5.60 Å². The number of carbonyl (C=O) groups is 2. The van der Waals surface area contributed by atoms with Gasteiger partial charge >= 0.3 is 0 Å². The highest BCUT2D eigenvalue weighted by atomic mass is 35.5. The minimum Gasteiger partial charge on any atom is -0.389 e. The molecule has 0 saturated carbocycles. The summed E-state index contributed by atoms with van der Waals surface area (Å²) < 4.78 is 2.07. The number of likely N-dealkylation sites (tertiary alicyclic amines) is 1. The number of hydrogen-bond acceptors (Lipinski definition) is 5. The van der Waals surface area contributed by atoms with Gasteiger partial charge in [-0.1, -0.05) is 30.3 Å². The van der Waals surface area contributed by atoms with Gasteiger partial charge in [0.05, 0.1) is 28.4 Å². The molecule has 9 nitrogen and oxygen atoms in total. The molecular formula is C32H37ClN6O3. The summed E-state index contributed by atoms with van der Waals surface area (Å²) >= 11 is 7.01. The molecule has 4 aromatic rings. The summed E-state index contributed by atoms with van der Waals surface area (Å²) in [4.78, 5) is 28.6. The van der Waals surface area contributed by atoms with Gasteiger partial charge in [-0.2, -0.15) is 10.2 Å². The normalized spacial score (nSPS) is 14.4. The van der Waals surface area contributed by atoms with Crippen molar-refractivity contribution in [3.05, 3.63) is 71.0 Å². The lowest BCUT2D eigenvalue weighted by atomic mass is 9.94. The van der Waals surface area contributed by atoms with Gasteiger partial charge in [-0.15, -0.1) is 0 Å². The fourth-order valence-electron chi connectivity index (χ4n) is 5.92. The highest BCUT2D eigenvalue weighted by Gasteiger charge is 2.29. The molecule has 0 bridgehead atoms. The summed E-state index contributed by atoms with van der Waals surface area (Å²) in [5, 5.41) is 24.2. The minimum absolute atomic E-state index is 0.0521. The summed E-state index contributed by atoms with van der Waals surface area (Å²) in [7, 11) is 1.68. The first-order chi connectivity index (χ1) is 19.9. The SMILES string of the molecule is C=CC(=O)N1CCC(n2nc(-c3ccc(C(=O)N(C)CC(C)(C)O)cc3)c(-c3c(Cl)c(C)cc4[nH]ncc34)c2C)CC1. The number of amides is 2. The molecule has 2 N–H and O–H groups in total. The highest BCUT2D eigenvalue weighted by molar-refractivity contribution is 6.36. The maximum Gasteiger partial charge on any atom is 0.253 e. The Balaban J connectivity index is 1.60. The second-order valence-electron chi connectivity index (χ2n) is 11.8. The van der Waals surface area contributed by atoms with Crippen molar-refractivity contribution in [2.75, 3.05) is 26.7 Å². The van der Waals surface area contributed by atoms with Gasteiger partial charge in [0.25, 0.3) is 5.91 Å². The van der Waals surface area contributed by atoms with Crippen LogP contribution in [0.5, 0.6) is 0 Å². The standard InChI is InChI=1S/C32H37ClN6O3/c1-7-26(40)38-14-12-23(13-15-38)39-20(3)27(28-24-17-34-35-25(24)16-19(2)29(28)33)30(36-39)21-8-10-22(11-9-21)31(41)37(6)18-32(4,5)42/h7-11,16-17,23,42H,1,12-15,18H2,2-6H3,(H,34,35). The molecule has 1 aliphatic rings. The number of fused-ring (bicyclic) bond motifs is 1. The summed E-state index contributed by atoms with van der Waals surface area (Å²) in [6.45, 7) is 12.5. The van der Waals surface area contributed by atoms with Crippen molar-refractivity contribution in [3.8, 4) is 22.4 Å². The lowest BCUT2D eigenvalue weighted by Crippen LogP contribution is -2.39. The Morgan fingerprint density at radius 1 is 1.19 bits per heavy atom. The van der Waals surface area contributed by atoms with Gasteiger partial charge in [0, 0.05) is 60.0 Å². The maximum atomic E-state index is 13.1. The smallest absolute Gasteiger partial charge is 0.253 e. The van der Waals surface area contributed by atoms with Crippen LogP contribution < -0.4 is 0 Å². The number of aromatic nitrogens is 4. The molecule has 0 spiro atoms. The van der Waals surface area contributed by atoms with Crippen molar-refractivity contribution in [2.24, 2.45) is 0 Å². The summed E-state index contributed by atoms with van der Waals surface area (Å²) in [5.74, 6) is -0.225. The highest BCUT2D eigenvalue weighted by Crippen LogP contribution is 2.44. The summed E-state index contributed by atoms with van der Waals surface area (Å²) in [6.07, 6.45) is 4.69. The van der Waals surface area contributed by atoms with Crippen LogP contribution in [0.25, 0.3) is 33.3 Å². The molecule has 1 fully saturated rings. The third kappa shape index (κ3) is 5.58. The van der Waals surface area contributed by atoms with Crippen LogP contribution in [0.1, 0.15) is 54.3 Å². The summed E-state index contributed by atoms with van der Waals surface area (Å²) in [5.41, 5.74) is 5.70. The largest absolute Gasteiger partial charge is 0.389 e. The minimum atomic E-state index is -0.996. The molecule has 1 saturated heterocycles. The maximum absolute atomic E-state index is 13.1. The molecule has 2 aromatic heterocycles. The van der Waals surface area contributed by atoms with Crippen LogP contribution in [0, 0.1) is 13.8 Å². The van der Waals surface area contributed by atoms with Crippen LogP contribution in [-0.4, -0.2) is 79.0 Å². The van der Waals surface area contributed by atoms with Crippen molar-refractivity contribution in [2.45, 2.75) is 52.2 Å². The number of likely N-dealkylation sites (N-methyl/N-ethyl adjacent to an activating group) is 1. The van der Waals surface area contributed by atoms with Gasteiger partial charge in [-0.25, -0.2) is 0 Å². The third-order valence-corrected chi connectivity index (χ3v) is 8.42. The van der Waals surface area contributed by atoms with Gasteiger partial charge in [0.15, 0.2) is 0 Å². The average Bonchev–Trinajstić information content (AvgIpc) is 3.56. The number of halogens is 1. The van der Waals surface area contributed by atoms with Gasteiger partial charge < -0.3 is 14.9 Å². The van der Waals surface area contributed by atoms with Gasteiger partial charge in [0.2, 0.25) is 5.91 Å². The predicted octanol–water partition coefficient (Wildman–Crippen LogP) is 5.56. The number of rotatable bonds is 7. The zero-order chi connectivity index (χ0) is 30.3. The number of H-pyrrole nitrogens is 1. The molecule has 5 rings (SSSR count). The van der Waals surface area contributed by atoms with E-state index in [0.29, 0.717) is 23.7 Å². The Kier molecular flexibility index (Phi) is 8.00. The number of aliphatic hydroxyl groups is 1. The number of nitrogens with one attached hydrogen (secondary N) is 1. The van der Waals surface area contributed by atoms with Crippen LogP contribution in [0.4, 0.5) is 0 Å². The third-order valence-electron chi connectivity index (χ3n) is 7.94. The van der Waals surface area contributed by atoms with E-state index in [2.05, 4.69) is 28.4 Å². The molecule has 10 heteroatoms. The zero-order valence-electron chi connectivity index (χ0n) is 24.7. The number of aryl methyl sites for hydroxylation is 1. The van der Waals surface area contributed by atoms with E-state index in [4.69, 9.17) is 16.7 Å². The van der Waals surface area contributed by atoms with Crippen molar-refractivity contribution < 1.29 is 14.7 Å². The van der Waals surface area contributed by atoms with Crippen LogP contribution >= 0.6 is 11.6 Å². The molecule has 0 radical (unpaired) electrons. The fraction of sp³-hybridized carbons (Fsp3) is 0.375. The number of hydrogen-bond donors (Lipinski definition) is 2. The zero-order valence-corrected chi connectivity index (χ0v) is 25.5. The van der Waals surface area contributed by atoms with E-state index in [1.54, 1.807) is 39.2 Å². The van der Waals surface area contributed by atoms with Crippen molar-refractivity contribution in [3.63, 3.8) is 0 Å². The molecule has 0 aliphatic carbocycles. The number of nitrogens with zero attached hydrogens (tertiary/aromatic N) is 5. The van der Waals surface area contributed by atoms with Gasteiger partial charge in [-0.3, -0.25) is 19.4 Å². The first-order valence-corrected chi connectivity index (χ1v) is 14.5. The molecular weight excluding hydrogens is 552 g/mol. The molecule has 2 amide bonds. The topological polar surface area (TPSA) is 107 Å². The number of benzene rings is 2. The summed E-state index contributed by atoms with van der Waals surface area (Å²) in [6, 6.07) is 9.49. The monoisotopic (exact) mass is 588 g/mol. The van der Waals surface area contributed by atoms with Crippen LogP contribution in [0.2, 0.25) is 5.02 Å². The first-order valence-electron chi connectivity index (χ1n) is 14.1. The Labute approximate surface area is 250 Å². The lowest BCUT2D eigenvalue weighted by Gasteiger charge is -2.32. The quantitative estimate of drug-likeness (QED) is 0.275. The Bertz CT molecular complexity index is 1660. The van der Waals surface area contributed by atoms with Crippen molar-refractivity contribution >= 4 is 34.3 Å². The predicted molar refractivity (Wildman–Crippen MR) is 166 cm³/mol. The molecule has 1 aliphatic heterocycles. The van der Waals surface area contributed by atoms with E-state index in [-0.39, 0.29) is 24.4 Å². The molecule has 220 valence electrons. The van der Waals surface area contributed by atoms with Crippen molar-refractivity contribution in [1.29, 1.82) is 0 Å². The lowest BCUT2D eigenvalue weighted by molar-refractivity contribution is -0.127. The van der Waals surface area contributed by atoms with E-state index >= 15 is 0 Å². The molecule has 0 atom stereocenters. The van der Waals surface area contributed by atoms with E-state index in [1.807, 2.05) is 30.0 Å².